The Morgan fingerprint density at radius 3 is 1.67 bits per heavy atom. The van der Waals surface area contributed by atoms with Crippen molar-refractivity contribution in [2.45, 2.75) is 70.1 Å². The summed E-state index contributed by atoms with van der Waals surface area (Å²) < 4.78 is 0. The molecular formula is C47H45N. The average molecular weight is 624 g/mol. The predicted octanol–water partition coefficient (Wildman–Crippen LogP) is 13.6. The van der Waals surface area contributed by atoms with Gasteiger partial charge in [0.15, 0.2) is 0 Å². The molecule has 6 aromatic rings. The van der Waals surface area contributed by atoms with E-state index in [0.29, 0.717) is 5.92 Å². The molecule has 1 saturated carbocycles. The Bertz CT molecular complexity index is 1950. The van der Waals surface area contributed by atoms with E-state index < -0.39 is 0 Å². The summed E-state index contributed by atoms with van der Waals surface area (Å²) in [7, 11) is 0. The van der Waals surface area contributed by atoms with Gasteiger partial charge in [0.1, 0.15) is 0 Å². The minimum Gasteiger partial charge on any atom is -0.309 e. The number of nitrogens with zero attached hydrogens (tertiary/aromatic N) is 1. The summed E-state index contributed by atoms with van der Waals surface area (Å²) in [6, 6.07) is 54.6. The van der Waals surface area contributed by atoms with Crippen molar-refractivity contribution in [3.8, 4) is 33.4 Å². The van der Waals surface area contributed by atoms with Crippen LogP contribution in [0.15, 0.2) is 146 Å². The van der Waals surface area contributed by atoms with Crippen molar-refractivity contribution in [1.82, 2.24) is 0 Å². The van der Waals surface area contributed by atoms with Crippen molar-refractivity contribution in [1.29, 1.82) is 0 Å². The van der Waals surface area contributed by atoms with Crippen molar-refractivity contribution in [3.63, 3.8) is 0 Å². The number of hydrogen-bond acceptors (Lipinski definition) is 1. The highest BCUT2D eigenvalue weighted by Gasteiger charge is 2.40. The molecular weight excluding hydrogens is 579 g/mol. The molecule has 0 unspecified atom stereocenters. The molecule has 2 aliphatic rings. The van der Waals surface area contributed by atoms with E-state index in [0.717, 1.165) is 12.8 Å². The molecule has 0 atom stereocenters. The van der Waals surface area contributed by atoms with E-state index in [1.807, 2.05) is 0 Å². The Hall–Kier alpha value is -4.88. The maximum absolute atomic E-state index is 2.55. The molecule has 0 radical (unpaired) electrons. The molecule has 0 bridgehead atoms. The second kappa shape index (κ2) is 13.0. The van der Waals surface area contributed by atoms with Gasteiger partial charge in [0.25, 0.3) is 0 Å². The van der Waals surface area contributed by atoms with Gasteiger partial charge in [-0.25, -0.2) is 0 Å². The van der Waals surface area contributed by atoms with Crippen LogP contribution >= 0.6 is 0 Å². The third-order valence-corrected chi connectivity index (χ3v) is 11.4. The van der Waals surface area contributed by atoms with Crippen molar-refractivity contribution in [2.75, 3.05) is 4.90 Å². The second-order valence-electron chi connectivity index (χ2n) is 13.8. The predicted molar refractivity (Wildman–Crippen MR) is 205 cm³/mol. The van der Waals surface area contributed by atoms with Gasteiger partial charge in [-0.3, -0.25) is 0 Å². The summed E-state index contributed by atoms with van der Waals surface area (Å²) in [5.74, 6) is 0.672. The van der Waals surface area contributed by atoms with Gasteiger partial charge in [0.05, 0.1) is 5.69 Å². The van der Waals surface area contributed by atoms with Crippen LogP contribution in [0.25, 0.3) is 33.4 Å². The second-order valence-corrected chi connectivity index (χ2v) is 13.8. The van der Waals surface area contributed by atoms with E-state index in [1.54, 1.807) is 0 Å². The number of benzene rings is 6. The molecule has 2 aliphatic carbocycles. The van der Waals surface area contributed by atoms with Crippen LogP contribution in [0.2, 0.25) is 0 Å². The number of rotatable bonds is 8. The highest BCUT2D eigenvalue weighted by atomic mass is 15.1. The molecule has 0 amide bonds. The van der Waals surface area contributed by atoms with Crippen LogP contribution in [0.3, 0.4) is 0 Å². The fourth-order valence-electron chi connectivity index (χ4n) is 8.82. The van der Waals surface area contributed by atoms with E-state index in [-0.39, 0.29) is 5.41 Å². The molecule has 48 heavy (non-hydrogen) atoms. The molecule has 0 aromatic heterocycles. The van der Waals surface area contributed by atoms with E-state index >= 15 is 0 Å². The first-order chi connectivity index (χ1) is 23.7. The summed E-state index contributed by atoms with van der Waals surface area (Å²) in [6.45, 7) is 4.73. The van der Waals surface area contributed by atoms with Crippen LogP contribution in [0.1, 0.15) is 81.4 Å². The van der Waals surface area contributed by atoms with Crippen molar-refractivity contribution < 1.29 is 0 Å². The average Bonchev–Trinajstić information content (AvgIpc) is 3.45. The number of anilines is 3. The van der Waals surface area contributed by atoms with Gasteiger partial charge in [-0.05, 0) is 94.8 Å². The lowest BCUT2D eigenvalue weighted by Crippen LogP contribution is -2.23. The smallest absolute Gasteiger partial charge is 0.0618 e. The van der Waals surface area contributed by atoms with E-state index in [4.69, 9.17) is 0 Å². The number of fused-ring (bicyclic) bond motifs is 3. The quantitative estimate of drug-likeness (QED) is 0.163. The molecule has 0 saturated heterocycles. The van der Waals surface area contributed by atoms with Crippen LogP contribution in [-0.4, -0.2) is 0 Å². The zero-order valence-corrected chi connectivity index (χ0v) is 28.3. The third-order valence-electron chi connectivity index (χ3n) is 11.4. The molecule has 0 spiro atoms. The van der Waals surface area contributed by atoms with Crippen molar-refractivity contribution >= 4 is 17.1 Å². The van der Waals surface area contributed by atoms with E-state index in [2.05, 4.69) is 164 Å². The van der Waals surface area contributed by atoms with Gasteiger partial charge in [0, 0.05) is 27.9 Å². The molecule has 0 aliphatic heterocycles. The fraction of sp³-hybridized carbons (Fsp3) is 0.234. The number of hydrogen-bond donors (Lipinski definition) is 0. The Morgan fingerprint density at radius 1 is 0.500 bits per heavy atom. The van der Waals surface area contributed by atoms with Crippen molar-refractivity contribution in [3.05, 3.63) is 162 Å². The molecule has 8 rings (SSSR count). The molecule has 6 aromatic carbocycles. The van der Waals surface area contributed by atoms with Crippen LogP contribution in [0, 0.1) is 0 Å². The zero-order chi connectivity index (χ0) is 32.5. The Kier molecular flexibility index (Phi) is 8.22. The molecule has 238 valence electrons. The topological polar surface area (TPSA) is 3.24 Å². The molecule has 1 fully saturated rings. The largest absolute Gasteiger partial charge is 0.309 e. The Morgan fingerprint density at radius 2 is 1.04 bits per heavy atom. The molecule has 1 heteroatoms. The highest BCUT2D eigenvalue weighted by molar-refractivity contribution is 5.98. The normalized spacial score (nSPS) is 15.1. The summed E-state index contributed by atoms with van der Waals surface area (Å²) in [5.41, 5.74) is 15.7. The molecule has 0 N–H and O–H groups in total. The SMILES string of the molecule is CCC1(CC)c2ccccc2-c2ccc(N(c3ccc(C4CCCCC4)cc3)c3c(-c4ccccc4)cccc3-c3ccccc3)cc21. The van der Waals surface area contributed by atoms with Crippen molar-refractivity contribution in [2.24, 2.45) is 0 Å². The summed E-state index contributed by atoms with van der Waals surface area (Å²) >= 11 is 0. The maximum atomic E-state index is 2.55. The Labute approximate surface area is 286 Å². The molecule has 1 nitrogen and oxygen atoms in total. The van der Waals surface area contributed by atoms with E-state index in [1.165, 1.54) is 99.2 Å². The van der Waals surface area contributed by atoms with Crippen LogP contribution in [0.4, 0.5) is 17.1 Å². The van der Waals surface area contributed by atoms with Gasteiger partial charge < -0.3 is 4.90 Å². The summed E-state index contributed by atoms with van der Waals surface area (Å²) in [6.07, 6.45) is 8.82. The first kappa shape index (κ1) is 30.5. The fourth-order valence-corrected chi connectivity index (χ4v) is 8.82. The van der Waals surface area contributed by atoms with E-state index in [9.17, 15) is 0 Å². The van der Waals surface area contributed by atoms with Gasteiger partial charge in [-0.2, -0.15) is 0 Å². The standard InChI is InChI=1S/C47H45N/c1-3-47(4-2)44-26-15-14-23-42(44)43-32-31-39(33-45(43)47)48(38-29-27-35(28-30-38)34-17-8-5-9-18-34)46-40(36-19-10-6-11-20-36)24-16-25-41(46)37-21-12-7-13-22-37/h6-7,10-16,19-34H,3-5,8-9,17-18H2,1-2H3. The first-order valence-electron chi connectivity index (χ1n) is 18.1. The summed E-state index contributed by atoms with van der Waals surface area (Å²) in [4.78, 5) is 2.55. The van der Waals surface area contributed by atoms with Gasteiger partial charge in [-0.1, -0.05) is 154 Å². The summed E-state index contributed by atoms with van der Waals surface area (Å²) in [5, 5.41) is 0. The minimum absolute atomic E-state index is 0.000343. The van der Waals surface area contributed by atoms with Crippen LogP contribution in [0.5, 0.6) is 0 Å². The maximum Gasteiger partial charge on any atom is 0.0618 e. The van der Waals surface area contributed by atoms with Gasteiger partial charge in [-0.15, -0.1) is 0 Å². The number of para-hydroxylation sites is 1. The Balaban J connectivity index is 1.38. The van der Waals surface area contributed by atoms with Crippen LogP contribution in [-0.2, 0) is 5.41 Å². The monoisotopic (exact) mass is 623 g/mol. The highest BCUT2D eigenvalue weighted by Crippen LogP contribution is 2.55. The molecule has 0 heterocycles. The first-order valence-corrected chi connectivity index (χ1v) is 18.1. The lowest BCUT2D eigenvalue weighted by atomic mass is 9.74. The van der Waals surface area contributed by atoms with Crippen LogP contribution < -0.4 is 4.90 Å². The zero-order valence-electron chi connectivity index (χ0n) is 28.3. The lowest BCUT2D eigenvalue weighted by molar-refractivity contribution is 0.443. The minimum atomic E-state index is -0.000343. The van der Waals surface area contributed by atoms with Gasteiger partial charge >= 0.3 is 0 Å². The van der Waals surface area contributed by atoms with Gasteiger partial charge in [0.2, 0.25) is 0 Å². The third kappa shape index (κ3) is 5.17. The lowest BCUT2D eigenvalue weighted by Gasteiger charge is -2.33.